The molecule has 0 aliphatic carbocycles. The van der Waals surface area contributed by atoms with Crippen molar-refractivity contribution in [1.29, 1.82) is 0 Å². The van der Waals surface area contributed by atoms with E-state index in [-0.39, 0.29) is 11.8 Å². The molecule has 0 aromatic heterocycles. The third kappa shape index (κ3) is 12.4. The number of ether oxygens (including phenoxy) is 1. The van der Waals surface area contributed by atoms with Crippen LogP contribution in [0.15, 0.2) is 47.6 Å². The van der Waals surface area contributed by atoms with Crippen LogP contribution in [0.2, 0.25) is 0 Å². The molecule has 0 aromatic carbocycles. The highest BCUT2D eigenvalue weighted by Gasteiger charge is 2.18. The van der Waals surface area contributed by atoms with Crippen molar-refractivity contribution in [2.75, 3.05) is 33.4 Å². The van der Waals surface area contributed by atoms with Crippen molar-refractivity contribution in [2.45, 2.75) is 40.5 Å². The van der Waals surface area contributed by atoms with Crippen LogP contribution in [-0.2, 0) is 9.53 Å². The van der Waals surface area contributed by atoms with Crippen LogP contribution in [0.25, 0.3) is 0 Å². The summed E-state index contributed by atoms with van der Waals surface area (Å²) in [5.74, 6) is 0.163. The van der Waals surface area contributed by atoms with Crippen molar-refractivity contribution >= 4 is 5.91 Å². The van der Waals surface area contributed by atoms with Crippen LogP contribution in [-0.4, -0.2) is 39.3 Å². The molecule has 4 heteroatoms. The van der Waals surface area contributed by atoms with E-state index in [2.05, 4.69) is 49.8 Å². The van der Waals surface area contributed by atoms with Gasteiger partial charge >= 0.3 is 0 Å². The second kappa shape index (κ2) is 13.6. The number of carbonyl (C=O) groups excluding carboxylic acids is 1. The number of hydrogen-bond donors (Lipinski definition) is 2. The Hall–Kier alpha value is -1.65. The summed E-state index contributed by atoms with van der Waals surface area (Å²) < 4.78 is 4.97. The summed E-state index contributed by atoms with van der Waals surface area (Å²) in [5, 5.41) is 6.19. The summed E-state index contributed by atoms with van der Waals surface area (Å²) in [6.07, 6.45) is 5.40. The van der Waals surface area contributed by atoms with E-state index < -0.39 is 0 Å². The molecule has 142 valence electrons. The average Bonchev–Trinajstić information content (AvgIpc) is 2.49. The van der Waals surface area contributed by atoms with Crippen molar-refractivity contribution in [3.8, 4) is 0 Å². The molecule has 1 amide bonds. The molecule has 0 radical (unpaired) electrons. The quantitative estimate of drug-likeness (QED) is 0.302. The van der Waals surface area contributed by atoms with Gasteiger partial charge in [-0.15, -0.1) is 6.58 Å². The number of amides is 1. The highest BCUT2D eigenvalue weighted by molar-refractivity contribution is 5.76. The molecule has 0 saturated heterocycles. The van der Waals surface area contributed by atoms with E-state index in [1.807, 2.05) is 13.8 Å². The zero-order valence-electron chi connectivity index (χ0n) is 16.7. The smallest absolute Gasteiger partial charge is 0.220 e. The molecule has 0 fully saturated rings. The highest BCUT2D eigenvalue weighted by atomic mass is 16.5. The van der Waals surface area contributed by atoms with E-state index in [1.165, 1.54) is 5.57 Å². The van der Waals surface area contributed by atoms with Gasteiger partial charge in [-0.2, -0.15) is 0 Å². The molecular weight excluding hydrogens is 312 g/mol. The molecule has 0 aliphatic heterocycles. The molecule has 0 aromatic rings. The van der Waals surface area contributed by atoms with E-state index in [1.54, 1.807) is 7.11 Å². The number of hydrogen-bond acceptors (Lipinski definition) is 3. The van der Waals surface area contributed by atoms with Crippen molar-refractivity contribution in [3.05, 3.63) is 47.6 Å². The van der Waals surface area contributed by atoms with Gasteiger partial charge in [0.15, 0.2) is 0 Å². The molecule has 0 saturated carbocycles. The molecule has 0 bridgehead atoms. The average molecular weight is 349 g/mol. The predicted molar refractivity (Wildman–Crippen MR) is 108 cm³/mol. The van der Waals surface area contributed by atoms with Crippen molar-refractivity contribution < 1.29 is 9.53 Å². The van der Waals surface area contributed by atoms with Crippen LogP contribution in [0.3, 0.4) is 0 Å². The van der Waals surface area contributed by atoms with Crippen molar-refractivity contribution in [3.63, 3.8) is 0 Å². The van der Waals surface area contributed by atoms with Crippen LogP contribution in [0, 0.1) is 5.92 Å². The first-order valence-corrected chi connectivity index (χ1v) is 8.89. The third-order valence-corrected chi connectivity index (χ3v) is 3.66. The fourth-order valence-corrected chi connectivity index (χ4v) is 2.48. The second-order valence-electron chi connectivity index (χ2n) is 6.80. The van der Waals surface area contributed by atoms with Gasteiger partial charge in [-0.3, -0.25) is 4.79 Å². The van der Waals surface area contributed by atoms with Crippen molar-refractivity contribution in [2.24, 2.45) is 5.92 Å². The summed E-state index contributed by atoms with van der Waals surface area (Å²) in [7, 11) is 1.67. The van der Waals surface area contributed by atoms with Gasteiger partial charge in [0.1, 0.15) is 0 Å². The summed E-state index contributed by atoms with van der Waals surface area (Å²) in [4.78, 5) is 12.3. The number of rotatable bonds is 13. The number of nitrogens with one attached hydrogen (secondary N) is 2. The van der Waals surface area contributed by atoms with Gasteiger partial charge in [0, 0.05) is 33.2 Å². The topological polar surface area (TPSA) is 50.4 Å². The number of carbonyl (C=O) groups is 1. The maximum atomic E-state index is 12.3. The Morgan fingerprint density at radius 2 is 1.72 bits per heavy atom. The van der Waals surface area contributed by atoms with Gasteiger partial charge < -0.3 is 15.4 Å². The fourth-order valence-electron chi connectivity index (χ4n) is 2.48. The Bertz CT molecular complexity index is 500. The lowest BCUT2D eigenvalue weighted by Crippen LogP contribution is -2.34. The van der Waals surface area contributed by atoms with Crippen LogP contribution in [0.1, 0.15) is 40.5 Å². The third-order valence-electron chi connectivity index (χ3n) is 3.66. The van der Waals surface area contributed by atoms with Gasteiger partial charge in [-0.05, 0) is 45.6 Å². The van der Waals surface area contributed by atoms with Crippen LogP contribution < -0.4 is 10.6 Å². The summed E-state index contributed by atoms with van der Waals surface area (Å²) >= 11 is 0. The molecular formula is C21H36N2O2. The van der Waals surface area contributed by atoms with Gasteiger partial charge in [-0.25, -0.2) is 0 Å². The largest absolute Gasteiger partial charge is 0.383 e. The molecule has 0 heterocycles. The van der Waals surface area contributed by atoms with E-state index >= 15 is 0 Å². The van der Waals surface area contributed by atoms with Crippen LogP contribution in [0.5, 0.6) is 0 Å². The maximum Gasteiger partial charge on any atom is 0.220 e. The Morgan fingerprint density at radius 1 is 1.04 bits per heavy atom. The predicted octanol–water partition coefficient (Wildman–Crippen LogP) is 3.78. The molecule has 1 atom stereocenters. The Labute approximate surface area is 154 Å². The standard InChI is InChI=1S/C21H36N2O2/c1-16(2)8-9-20(18(5)6)19(14-17(3)4)15-21(24)23-11-10-22-12-13-25-7/h8-9,19,22H,3,5,10-15H2,1-2,4,6-7H3,(H,23,24). The van der Waals surface area contributed by atoms with E-state index in [4.69, 9.17) is 4.74 Å². The molecule has 1 unspecified atom stereocenters. The molecule has 0 aliphatic rings. The zero-order valence-corrected chi connectivity index (χ0v) is 16.7. The summed E-state index contributed by atoms with van der Waals surface area (Å²) in [6.45, 7) is 19.0. The first kappa shape index (κ1) is 23.4. The zero-order chi connectivity index (χ0) is 19.2. The summed E-state index contributed by atoms with van der Waals surface area (Å²) in [5.41, 5.74) is 4.41. The first-order chi connectivity index (χ1) is 11.8. The SMILES string of the molecule is C=C(C)CC(CC(=O)NCCNCCOC)C(=CC=C(C)C)C(=C)C. The molecule has 2 N–H and O–H groups in total. The Morgan fingerprint density at radius 3 is 2.24 bits per heavy atom. The molecule has 4 nitrogen and oxygen atoms in total. The minimum Gasteiger partial charge on any atom is -0.383 e. The fraction of sp³-hybridized carbons (Fsp3) is 0.571. The molecule has 25 heavy (non-hydrogen) atoms. The lowest BCUT2D eigenvalue weighted by molar-refractivity contribution is -0.121. The maximum absolute atomic E-state index is 12.3. The van der Waals surface area contributed by atoms with E-state index in [0.717, 1.165) is 36.2 Å². The van der Waals surface area contributed by atoms with Gasteiger partial charge in [0.2, 0.25) is 5.91 Å². The number of allylic oxidation sites excluding steroid dienone is 6. The minimum absolute atomic E-state index is 0.0594. The Kier molecular flexibility index (Phi) is 12.7. The lowest BCUT2D eigenvalue weighted by Gasteiger charge is -2.21. The first-order valence-electron chi connectivity index (χ1n) is 8.89. The van der Waals surface area contributed by atoms with Gasteiger partial charge in [-0.1, -0.05) is 35.5 Å². The number of methoxy groups -OCH3 is 1. The van der Waals surface area contributed by atoms with Gasteiger partial charge in [0.25, 0.3) is 0 Å². The minimum atomic E-state index is 0.0594. The highest BCUT2D eigenvalue weighted by Crippen LogP contribution is 2.28. The van der Waals surface area contributed by atoms with Gasteiger partial charge in [0.05, 0.1) is 6.61 Å². The summed E-state index contributed by atoms with van der Waals surface area (Å²) in [6, 6.07) is 0. The molecule has 0 rings (SSSR count). The van der Waals surface area contributed by atoms with E-state index in [0.29, 0.717) is 19.6 Å². The Balaban J connectivity index is 4.77. The van der Waals surface area contributed by atoms with Crippen LogP contribution in [0.4, 0.5) is 0 Å². The normalized spacial score (nSPS) is 12.4. The van der Waals surface area contributed by atoms with Crippen molar-refractivity contribution in [1.82, 2.24) is 10.6 Å². The molecule has 0 spiro atoms. The van der Waals surface area contributed by atoms with E-state index in [9.17, 15) is 4.79 Å². The monoisotopic (exact) mass is 348 g/mol. The lowest BCUT2D eigenvalue weighted by atomic mass is 9.85. The van der Waals surface area contributed by atoms with Crippen LogP contribution >= 0.6 is 0 Å². The second-order valence-corrected chi connectivity index (χ2v) is 6.80.